The minimum absolute atomic E-state index is 0.139. The van der Waals surface area contributed by atoms with E-state index in [2.05, 4.69) is 25.9 Å². The van der Waals surface area contributed by atoms with Gasteiger partial charge in [0, 0.05) is 6.07 Å². The van der Waals surface area contributed by atoms with Crippen molar-refractivity contribution in [1.29, 1.82) is 0 Å². The molecule has 5 heteroatoms. The number of nitrogens with one attached hydrogen (secondary N) is 1. The first-order chi connectivity index (χ1) is 6.81. The van der Waals surface area contributed by atoms with Crippen LogP contribution in [0.15, 0.2) is 29.3 Å². The molecule has 14 heavy (non-hydrogen) atoms. The minimum atomic E-state index is -0.139. The van der Waals surface area contributed by atoms with Gasteiger partial charge < -0.3 is 9.72 Å². The van der Waals surface area contributed by atoms with Crippen LogP contribution in [0.5, 0.6) is 5.75 Å². The van der Waals surface area contributed by atoms with Crippen molar-refractivity contribution in [3.63, 3.8) is 0 Å². The molecule has 1 heterocycles. The van der Waals surface area contributed by atoms with E-state index in [0.29, 0.717) is 22.2 Å². The molecular weight excluding hydrogens is 248 g/mol. The zero-order chi connectivity index (χ0) is 9.97. The van der Waals surface area contributed by atoms with Crippen LogP contribution in [0.2, 0.25) is 0 Å². The molecule has 0 radical (unpaired) electrons. The molecule has 72 valence electrons. The number of halogens is 1. The Kier molecular flexibility index (Phi) is 2.49. The van der Waals surface area contributed by atoms with Gasteiger partial charge in [-0.2, -0.15) is 0 Å². The quantitative estimate of drug-likeness (QED) is 0.830. The second-order valence-electron chi connectivity index (χ2n) is 2.66. The maximum Gasteiger partial charge on any atom is 0.258 e. The Morgan fingerprint density at radius 2 is 2.36 bits per heavy atom. The Morgan fingerprint density at radius 3 is 3.14 bits per heavy atom. The fourth-order valence-electron chi connectivity index (χ4n) is 1.20. The Balaban J connectivity index is 2.61. The topological polar surface area (TPSA) is 55.0 Å². The van der Waals surface area contributed by atoms with E-state index in [9.17, 15) is 4.79 Å². The van der Waals surface area contributed by atoms with E-state index in [1.54, 1.807) is 18.2 Å². The number of benzene rings is 1. The summed E-state index contributed by atoms with van der Waals surface area (Å²) in [6, 6.07) is 5.16. The van der Waals surface area contributed by atoms with Gasteiger partial charge in [-0.25, -0.2) is 4.98 Å². The number of ether oxygens (including phenoxy) is 1. The lowest BCUT2D eigenvalue weighted by Crippen LogP contribution is -2.05. The molecule has 4 nitrogen and oxygen atoms in total. The molecule has 0 atom stereocenters. The number of rotatable bonds is 2. The van der Waals surface area contributed by atoms with Crippen molar-refractivity contribution in [2.24, 2.45) is 0 Å². The highest BCUT2D eigenvalue weighted by Crippen LogP contribution is 2.16. The highest BCUT2D eigenvalue weighted by Gasteiger charge is 2.00. The van der Waals surface area contributed by atoms with Gasteiger partial charge in [0.1, 0.15) is 11.3 Å². The summed E-state index contributed by atoms with van der Waals surface area (Å²) in [5.74, 6) is 0.687. The monoisotopic (exact) mass is 254 g/mol. The minimum Gasteiger partial charge on any atom is -0.482 e. The highest BCUT2D eigenvalue weighted by atomic mass is 79.9. The molecule has 0 bridgehead atoms. The second-order valence-corrected chi connectivity index (χ2v) is 3.12. The van der Waals surface area contributed by atoms with Crippen LogP contribution in [0.25, 0.3) is 10.9 Å². The molecule has 2 rings (SSSR count). The summed E-state index contributed by atoms with van der Waals surface area (Å²) < 4.78 is 5.22. The molecule has 0 aliphatic heterocycles. The molecule has 0 spiro atoms. The van der Waals surface area contributed by atoms with Gasteiger partial charge in [-0.3, -0.25) is 4.79 Å². The molecule has 2 aromatic rings. The zero-order valence-corrected chi connectivity index (χ0v) is 8.74. The summed E-state index contributed by atoms with van der Waals surface area (Å²) in [5.41, 5.74) is 0.911. The first-order valence-electron chi connectivity index (χ1n) is 3.97. The number of nitrogens with zero attached hydrogens (tertiary/aromatic N) is 1. The van der Waals surface area contributed by atoms with Crippen molar-refractivity contribution in [2.75, 3.05) is 5.52 Å². The summed E-state index contributed by atoms with van der Waals surface area (Å²) in [5, 5.41) is 0.564. The maximum absolute atomic E-state index is 11.3. The van der Waals surface area contributed by atoms with Crippen molar-refractivity contribution < 1.29 is 4.74 Å². The van der Waals surface area contributed by atoms with Crippen LogP contribution in [-0.2, 0) is 0 Å². The lowest BCUT2D eigenvalue weighted by Gasteiger charge is -2.02. The van der Waals surface area contributed by atoms with Gasteiger partial charge in [0.15, 0.2) is 0 Å². The fourth-order valence-corrected chi connectivity index (χ4v) is 1.47. The van der Waals surface area contributed by atoms with E-state index < -0.39 is 0 Å². The van der Waals surface area contributed by atoms with Crippen LogP contribution in [0.4, 0.5) is 0 Å². The normalized spacial score (nSPS) is 10.4. The van der Waals surface area contributed by atoms with E-state index in [-0.39, 0.29) is 5.56 Å². The summed E-state index contributed by atoms with van der Waals surface area (Å²) in [7, 11) is 0. The molecule has 0 amide bonds. The van der Waals surface area contributed by atoms with Crippen molar-refractivity contribution in [3.05, 3.63) is 34.9 Å². The molecule has 0 fully saturated rings. The average molecular weight is 255 g/mol. The molecule has 0 saturated heterocycles. The van der Waals surface area contributed by atoms with Gasteiger partial charge in [0.05, 0.1) is 17.2 Å². The third kappa shape index (κ3) is 1.63. The van der Waals surface area contributed by atoms with Gasteiger partial charge in [0.2, 0.25) is 0 Å². The summed E-state index contributed by atoms with van der Waals surface area (Å²) >= 11 is 3.15. The lowest BCUT2D eigenvalue weighted by atomic mass is 10.2. The van der Waals surface area contributed by atoms with E-state index >= 15 is 0 Å². The fraction of sp³-hybridized carbons (Fsp3) is 0.111. The van der Waals surface area contributed by atoms with Gasteiger partial charge in [0.25, 0.3) is 5.56 Å². The van der Waals surface area contributed by atoms with E-state index in [0.717, 1.165) is 0 Å². The van der Waals surface area contributed by atoms with Crippen molar-refractivity contribution in [2.45, 2.75) is 0 Å². The van der Waals surface area contributed by atoms with E-state index in [1.807, 2.05) is 0 Å². The smallest absolute Gasteiger partial charge is 0.258 e. The third-order valence-corrected chi connectivity index (χ3v) is 2.06. The number of fused-ring (bicyclic) bond motifs is 1. The van der Waals surface area contributed by atoms with Crippen molar-refractivity contribution in [1.82, 2.24) is 9.97 Å². The Bertz CT molecular complexity index is 509. The van der Waals surface area contributed by atoms with Crippen LogP contribution in [0.3, 0.4) is 0 Å². The third-order valence-electron chi connectivity index (χ3n) is 1.83. The molecule has 1 aromatic carbocycles. The summed E-state index contributed by atoms with van der Waals surface area (Å²) in [4.78, 5) is 17.8. The predicted octanol–water partition coefficient (Wildman–Crippen LogP) is 1.65. The Morgan fingerprint density at radius 1 is 1.50 bits per heavy atom. The van der Waals surface area contributed by atoms with Gasteiger partial charge in [-0.1, -0.05) is 0 Å². The Hall–Kier alpha value is -1.36. The van der Waals surface area contributed by atoms with Crippen LogP contribution in [-0.4, -0.2) is 15.5 Å². The molecule has 0 aliphatic carbocycles. The highest BCUT2D eigenvalue weighted by molar-refractivity contribution is 9.09. The van der Waals surface area contributed by atoms with Gasteiger partial charge >= 0.3 is 0 Å². The SMILES string of the molecule is O=c1[nH]cnc2cc(OCBr)ccc12. The number of hydrogen-bond donors (Lipinski definition) is 1. The van der Waals surface area contributed by atoms with Crippen LogP contribution in [0, 0.1) is 0 Å². The first-order valence-corrected chi connectivity index (χ1v) is 5.09. The first kappa shape index (κ1) is 9.21. The number of hydrogen-bond acceptors (Lipinski definition) is 3. The number of aromatic amines is 1. The maximum atomic E-state index is 11.3. The van der Waals surface area contributed by atoms with Crippen LogP contribution < -0.4 is 10.3 Å². The number of H-pyrrole nitrogens is 1. The number of alkyl halides is 1. The molecule has 0 aliphatic rings. The molecular formula is C9H7BrN2O2. The van der Waals surface area contributed by atoms with E-state index in [4.69, 9.17) is 4.74 Å². The molecule has 1 aromatic heterocycles. The van der Waals surface area contributed by atoms with Crippen LogP contribution >= 0.6 is 15.9 Å². The molecule has 0 unspecified atom stereocenters. The van der Waals surface area contributed by atoms with Gasteiger partial charge in [-0.15, -0.1) is 0 Å². The largest absolute Gasteiger partial charge is 0.482 e. The van der Waals surface area contributed by atoms with Crippen molar-refractivity contribution in [3.8, 4) is 5.75 Å². The zero-order valence-electron chi connectivity index (χ0n) is 7.16. The predicted molar refractivity (Wildman–Crippen MR) is 56.8 cm³/mol. The summed E-state index contributed by atoms with van der Waals surface area (Å²) in [6.45, 7) is 0. The summed E-state index contributed by atoms with van der Waals surface area (Å²) in [6.07, 6.45) is 1.38. The van der Waals surface area contributed by atoms with Crippen LogP contribution in [0.1, 0.15) is 0 Å². The standard InChI is InChI=1S/C9H7BrN2O2/c10-4-14-6-1-2-7-8(3-6)11-5-12-9(7)13/h1-3,5H,4H2,(H,11,12,13). The van der Waals surface area contributed by atoms with Crippen molar-refractivity contribution >= 4 is 26.8 Å². The molecule has 0 saturated carbocycles. The van der Waals surface area contributed by atoms with Gasteiger partial charge in [-0.05, 0) is 28.1 Å². The molecule has 1 N–H and O–H groups in total. The lowest BCUT2D eigenvalue weighted by molar-refractivity contribution is 0.398. The Labute approximate surface area is 88.1 Å². The average Bonchev–Trinajstić information content (AvgIpc) is 2.18. The van der Waals surface area contributed by atoms with E-state index in [1.165, 1.54) is 6.33 Å². The second kappa shape index (κ2) is 3.79. The number of aromatic nitrogens is 2.